The molecule has 0 saturated carbocycles. The highest BCUT2D eigenvalue weighted by atomic mass is 79.9. The molecule has 14 heavy (non-hydrogen) atoms. The molecule has 0 fully saturated rings. The van der Waals surface area contributed by atoms with Crippen molar-refractivity contribution in [2.45, 2.75) is 10.1 Å². The number of halogens is 1. The van der Waals surface area contributed by atoms with Gasteiger partial charge in [0.05, 0.1) is 27.4 Å². The molecule has 0 atom stereocenters. The van der Waals surface area contributed by atoms with Gasteiger partial charge in [-0.15, -0.1) is 0 Å². The van der Waals surface area contributed by atoms with Crippen molar-refractivity contribution in [3.8, 4) is 0 Å². The molecule has 2 aromatic rings. The molecule has 2 heterocycles. The monoisotopic (exact) mass is 271 g/mol. The van der Waals surface area contributed by atoms with Crippen molar-refractivity contribution in [2.24, 2.45) is 0 Å². The normalized spacial score (nSPS) is 10.4. The summed E-state index contributed by atoms with van der Waals surface area (Å²) in [5.74, 6) is 0. The summed E-state index contributed by atoms with van der Waals surface area (Å²) in [6, 6.07) is 0. The minimum atomic E-state index is 0.559. The highest BCUT2D eigenvalue weighted by Crippen LogP contribution is 2.35. The van der Waals surface area contributed by atoms with Gasteiger partial charge in [0.25, 0.3) is 5.22 Å². The summed E-state index contributed by atoms with van der Waals surface area (Å²) in [5.41, 5.74) is 6.35. The lowest BCUT2D eigenvalue weighted by atomic mass is 10.4. The fraction of sp³-hybridized carbons (Fsp3) is 0. The molecule has 0 aromatic carbocycles. The van der Waals surface area contributed by atoms with E-state index in [2.05, 4.69) is 25.9 Å². The molecular formula is C8H6BrN3OS. The molecule has 0 bridgehead atoms. The zero-order valence-electron chi connectivity index (χ0n) is 6.98. The van der Waals surface area contributed by atoms with E-state index in [1.54, 1.807) is 18.6 Å². The molecule has 0 radical (unpaired) electrons. The van der Waals surface area contributed by atoms with Crippen LogP contribution in [0.1, 0.15) is 0 Å². The van der Waals surface area contributed by atoms with Gasteiger partial charge in [-0.2, -0.15) is 0 Å². The molecule has 0 amide bonds. The molecule has 4 nitrogen and oxygen atoms in total. The number of nitrogens with two attached hydrogens (primary N) is 1. The van der Waals surface area contributed by atoms with Crippen LogP contribution in [0.15, 0.2) is 43.9 Å². The zero-order chi connectivity index (χ0) is 9.97. The summed E-state index contributed by atoms with van der Waals surface area (Å²) >= 11 is 4.72. The number of rotatable bonds is 2. The Morgan fingerprint density at radius 2 is 2.29 bits per heavy atom. The molecule has 2 aromatic heterocycles. The smallest absolute Gasteiger partial charge is 0.260 e. The second kappa shape index (κ2) is 4.02. The van der Waals surface area contributed by atoms with Crippen LogP contribution in [0.4, 0.5) is 5.69 Å². The Morgan fingerprint density at radius 1 is 1.43 bits per heavy atom. The first-order valence-electron chi connectivity index (χ1n) is 3.73. The molecule has 0 aliphatic carbocycles. The lowest BCUT2D eigenvalue weighted by Gasteiger charge is -2.03. The van der Waals surface area contributed by atoms with Gasteiger partial charge in [-0.3, -0.25) is 4.98 Å². The Hall–Kier alpha value is -1.01. The minimum Gasteiger partial charge on any atom is -0.440 e. The Balaban J connectivity index is 2.33. The largest absolute Gasteiger partial charge is 0.440 e. The number of anilines is 1. The molecule has 6 heteroatoms. The molecule has 0 saturated heterocycles. The first kappa shape index (κ1) is 9.54. The van der Waals surface area contributed by atoms with E-state index in [0.29, 0.717) is 10.9 Å². The molecule has 0 aliphatic rings. The summed E-state index contributed by atoms with van der Waals surface area (Å²) in [4.78, 5) is 8.79. The Bertz CT molecular complexity index is 412. The Kier molecular flexibility index (Phi) is 2.74. The van der Waals surface area contributed by atoms with Crippen LogP contribution in [0, 0.1) is 0 Å². The molecule has 2 N–H and O–H groups in total. The zero-order valence-corrected chi connectivity index (χ0v) is 9.38. The summed E-state index contributed by atoms with van der Waals surface area (Å²) < 4.78 is 5.94. The second-order valence-electron chi connectivity index (χ2n) is 2.44. The molecule has 2 rings (SSSR count). The van der Waals surface area contributed by atoms with Crippen molar-refractivity contribution in [3.05, 3.63) is 29.3 Å². The van der Waals surface area contributed by atoms with Crippen LogP contribution in [0.5, 0.6) is 0 Å². The first-order chi connectivity index (χ1) is 6.77. The molecule has 0 unspecified atom stereocenters. The number of pyridine rings is 1. The van der Waals surface area contributed by atoms with Crippen LogP contribution < -0.4 is 5.73 Å². The highest BCUT2D eigenvalue weighted by Gasteiger charge is 2.09. The number of aromatic nitrogens is 2. The van der Waals surface area contributed by atoms with Crippen LogP contribution in [0.2, 0.25) is 0 Å². The number of oxazole rings is 1. The van der Waals surface area contributed by atoms with E-state index >= 15 is 0 Å². The van der Waals surface area contributed by atoms with Gasteiger partial charge in [-0.1, -0.05) is 0 Å². The first-order valence-corrected chi connectivity index (χ1v) is 5.34. The third-order valence-corrected chi connectivity index (χ3v) is 3.38. The van der Waals surface area contributed by atoms with E-state index in [0.717, 1.165) is 9.37 Å². The van der Waals surface area contributed by atoms with Gasteiger partial charge >= 0.3 is 0 Å². The van der Waals surface area contributed by atoms with Crippen molar-refractivity contribution in [1.82, 2.24) is 9.97 Å². The van der Waals surface area contributed by atoms with Crippen LogP contribution in [0.25, 0.3) is 0 Å². The predicted octanol–water partition coefficient (Wildman–Crippen LogP) is 2.57. The van der Waals surface area contributed by atoms with Crippen molar-refractivity contribution < 1.29 is 4.42 Å². The maximum Gasteiger partial charge on any atom is 0.260 e. The minimum absolute atomic E-state index is 0.559. The van der Waals surface area contributed by atoms with Crippen LogP contribution in [-0.2, 0) is 0 Å². The van der Waals surface area contributed by atoms with Crippen LogP contribution in [-0.4, -0.2) is 9.97 Å². The van der Waals surface area contributed by atoms with E-state index in [4.69, 9.17) is 10.2 Å². The maximum atomic E-state index is 5.76. The van der Waals surface area contributed by atoms with Crippen molar-refractivity contribution >= 4 is 33.4 Å². The van der Waals surface area contributed by atoms with Gasteiger partial charge in [0.2, 0.25) is 0 Å². The number of hydrogen-bond donors (Lipinski definition) is 1. The van der Waals surface area contributed by atoms with E-state index in [1.807, 2.05) is 0 Å². The summed E-state index contributed by atoms with van der Waals surface area (Å²) in [6.45, 7) is 0. The molecular weight excluding hydrogens is 266 g/mol. The predicted molar refractivity (Wildman–Crippen MR) is 57.0 cm³/mol. The second-order valence-corrected chi connectivity index (χ2v) is 4.26. The van der Waals surface area contributed by atoms with Gasteiger partial charge in [0.1, 0.15) is 6.26 Å². The van der Waals surface area contributed by atoms with Crippen molar-refractivity contribution in [2.75, 3.05) is 5.73 Å². The van der Waals surface area contributed by atoms with Crippen LogP contribution >= 0.6 is 27.7 Å². The number of nitrogens with zero attached hydrogens (tertiary/aromatic N) is 2. The number of nitrogen functional groups attached to an aromatic ring is 1. The van der Waals surface area contributed by atoms with Gasteiger partial charge in [-0.05, 0) is 27.7 Å². The third kappa shape index (κ3) is 1.91. The molecule has 0 aliphatic heterocycles. The number of hydrogen-bond acceptors (Lipinski definition) is 5. The summed E-state index contributed by atoms with van der Waals surface area (Å²) in [6.07, 6.45) is 6.39. The molecule has 72 valence electrons. The van der Waals surface area contributed by atoms with Gasteiger partial charge in [0, 0.05) is 6.20 Å². The average Bonchev–Trinajstić information content (AvgIpc) is 2.64. The lowest BCUT2D eigenvalue weighted by molar-refractivity contribution is 0.454. The lowest BCUT2D eigenvalue weighted by Crippen LogP contribution is -1.90. The molecule has 0 spiro atoms. The Morgan fingerprint density at radius 3 is 2.93 bits per heavy atom. The Labute approximate surface area is 93.1 Å². The maximum absolute atomic E-state index is 5.76. The fourth-order valence-electron chi connectivity index (χ4n) is 0.894. The third-order valence-electron chi connectivity index (χ3n) is 1.48. The van der Waals surface area contributed by atoms with Gasteiger partial charge in [-0.25, -0.2) is 4.98 Å². The van der Waals surface area contributed by atoms with Crippen LogP contribution in [0.3, 0.4) is 0 Å². The fourth-order valence-corrected chi connectivity index (χ4v) is 2.20. The standard InChI is InChI=1S/C8H6BrN3OS/c9-5-3-11-4-6(10)7(5)14-8-12-1-2-13-8/h1-4H,10H2. The average molecular weight is 272 g/mol. The van der Waals surface area contributed by atoms with Gasteiger partial charge < -0.3 is 10.2 Å². The van der Waals surface area contributed by atoms with E-state index in [9.17, 15) is 0 Å². The topological polar surface area (TPSA) is 64.9 Å². The summed E-state index contributed by atoms with van der Waals surface area (Å²) in [5, 5.41) is 0.559. The highest BCUT2D eigenvalue weighted by molar-refractivity contribution is 9.10. The van der Waals surface area contributed by atoms with E-state index < -0.39 is 0 Å². The summed E-state index contributed by atoms with van der Waals surface area (Å²) in [7, 11) is 0. The van der Waals surface area contributed by atoms with Crippen molar-refractivity contribution in [3.63, 3.8) is 0 Å². The SMILES string of the molecule is Nc1cncc(Br)c1Sc1ncco1. The van der Waals surface area contributed by atoms with E-state index in [-0.39, 0.29) is 0 Å². The van der Waals surface area contributed by atoms with Gasteiger partial charge in [0.15, 0.2) is 0 Å². The quantitative estimate of drug-likeness (QED) is 0.910. The van der Waals surface area contributed by atoms with E-state index in [1.165, 1.54) is 18.0 Å². The van der Waals surface area contributed by atoms with Crippen molar-refractivity contribution in [1.29, 1.82) is 0 Å².